The highest BCUT2D eigenvalue weighted by Gasteiger charge is 2.44. The predicted molar refractivity (Wildman–Crippen MR) is 92.1 cm³/mol. The first-order chi connectivity index (χ1) is 11.6. The Bertz CT molecular complexity index is 686. The van der Waals surface area contributed by atoms with Crippen molar-refractivity contribution in [3.8, 4) is 6.07 Å². The molecule has 1 amide bonds. The van der Waals surface area contributed by atoms with Crippen LogP contribution in [-0.4, -0.2) is 28.9 Å². The summed E-state index contributed by atoms with van der Waals surface area (Å²) >= 11 is 0. The molecule has 0 bridgehead atoms. The third kappa shape index (κ3) is 2.93. The van der Waals surface area contributed by atoms with Crippen molar-refractivity contribution in [1.82, 2.24) is 10.2 Å². The lowest BCUT2D eigenvalue weighted by molar-refractivity contribution is -0.124. The molecule has 0 saturated heterocycles. The first-order valence-corrected chi connectivity index (χ1v) is 9.16. The van der Waals surface area contributed by atoms with Gasteiger partial charge in [0.1, 0.15) is 5.54 Å². The van der Waals surface area contributed by atoms with E-state index < -0.39 is 5.54 Å². The average molecular weight is 323 g/mol. The Morgan fingerprint density at radius 3 is 2.71 bits per heavy atom. The molecule has 4 nitrogen and oxygen atoms in total. The minimum absolute atomic E-state index is 0.00207. The summed E-state index contributed by atoms with van der Waals surface area (Å²) in [5.74, 6) is 0.329. The van der Waals surface area contributed by atoms with Gasteiger partial charge in [0, 0.05) is 12.1 Å². The summed E-state index contributed by atoms with van der Waals surface area (Å²) < 4.78 is 0. The minimum atomic E-state index is -0.695. The van der Waals surface area contributed by atoms with Gasteiger partial charge < -0.3 is 5.32 Å². The fourth-order valence-corrected chi connectivity index (χ4v) is 4.16. The second kappa shape index (κ2) is 5.89. The first kappa shape index (κ1) is 15.7. The Morgan fingerprint density at radius 1 is 1.29 bits per heavy atom. The van der Waals surface area contributed by atoms with Gasteiger partial charge in [-0.1, -0.05) is 24.3 Å². The average Bonchev–Trinajstić information content (AvgIpc) is 3.48. The fourth-order valence-electron chi connectivity index (χ4n) is 4.16. The summed E-state index contributed by atoms with van der Waals surface area (Å²) in [6.07, 6.45) is 6.67. The quantitative estimate of drug-likeness (QED) is 0.875. The zero-order valence-electron chi connectivity index (χ0n) is 14.3. The van der Waals surface area contributed by atoms with Crippen LogP contribution in [0.5, 0.6) is 0 Å². The van der Waals surface area contributed by atoms with Gasteiger partial charge in [-0.25, -0.2) is 0 Å². The molecule has 1 aromatic rings. The van der Waals surface area contributed by atoms with Crippen LogP contribution in [0.25, 0.3) is 0 Å². The van der Waals surface area contributed by atoms with Gasteiger partial charge in [-0.3, -0.25) is 9.69 Å². The van der Waals surface area contributed by atoms with Gasteiger partial charge in [0.15, 0.2) is 0 Å². The van der Waals surface area contributed by atoms with Crippen LogP contribution >= 0.6 is 0 Å². The summed E-state index contributed by atoms with van der Waals surface area (Å²) in [6.45, 7) is 2.28. The van der Waals surface area contributed by atoms with E-state index in [1.54, 1.807) is 0 Å². The van der Waals surface area contributed by atoms with E-state index in [2.05, 4.69) is 40.6 Å². The normalized spacial score (nSPS) is 25.0. The molecule has 126 valence electrons. The molecule has 4 rings (SSSR count). The van der Waals surface area contributed by atoms with Crippen molar-refractivity contribution < 1.29 is 4.79 Å². The van der Waals surface area contributed by atoms with E-state index in [1.807, 2.05) is 6.92 Å². The van der Waals surface area contributed by atoms with Crippen LogP contribution in [0.3, 0.4) is 0 Å². The molecule has 4 heteroatoms. The number of carbonyl (C=O) groups is 1. The molecule has 0 heterocycles. The third-order valence-corrected chi connectivity index (χ3v) is 5.87. The lowest BCUT2D eigenvalue weighted by atomic mass is 9.98. The van der Waals surface area contributed by atoms with Crippen molar-refractivity contribution in [3.05, 3.63) is 35.4 Å². The van der Waals surface area contributed by atoms with Gasteiger partial charge in [-0.05, 0) is 62.5 Å². The molecule has 1 aromatic carbocycles. The van der Waals surface area contributed by atoms with Crippen molar-refractivity contribution in [2.24, 2.45) is 5.92 Å². The summed E-state index contributed by atoms with van der Waals surface area (Å²) in [5.41, 5.74) is 2.12. The van der Waals surface area contributed by atoms with Crippen LogP contribution in [0.2, 0.25) is 0 Å². The molecule has 3 aliphatic rings. The highest BCUT2D eigenvalue weighted by molar-refractivity contribution is 5.79. The maximum atomic E-state index is 12.7. The SMILES string of the molecule is C[C@@](C#N)(NC(=O)CN(C1CC1)[C@@H]1CCc2ccccc21)C1CC1. The van der Waals surface area contributed by atoms with E-state index in [4.69, 9.17) is 0 Å². The maximum Gasteiger partial charge on any atom is 0.235 e. The smallest absolute Gasteiger partial charge is 0.235 e. The van der Waals surface area contributed by atoms with Crippen LogP contribution in [0.1, 0.15) is 56.2 Å². The third-order valence-electron chi connectivity index (χ3n) is 5.87. The number of nitrogens with one attached hydrogen (secondary N) is 1. The minimum Gasteiger partial charge on any atom is -0.337 e. The van der Waals surface area contributed by atoms with E-state index >= 15 is 0 Å². The Morgan fingerprint density at radius 2 is 2.04 bits per heavy atom. The standard InChI is InChI=1S/C20H25N3O/c1-20(13-21,15-7-8-15)22-19(24)12-23(16-9-10-16)18-11-6-14-4-2-3-5-17(14)18/h2-5,15-16,18H,6-12H2,1H3,(H,22,24)/t18-,20+/m1/s1. The number of aryl methyl sites for hydroxylation is 1. The van der Waals surface area contributed by atoms with Crippen LogP contribution < -0.4 is 5.32 Å². The molecule has 0 aliphatic heterocycles. The predicted octanol–water partition coefficient (Wildman–Crippen LogP) is 2.95. The largest absolute Gasteiger partial charge is 0.337 e. The fraction of sp³-hybridized carbons (Fsp3) is 0.600. The van der Waals surface area contributed by atoms with Gasteiger partial charge in [0.25, 0.3) is 0 Å². The number of rotatable bonds is 6. The van der Waals surface area contributed by atoms with Gasteiger partial charge in [0.2, 0.25) is 5.91 Å². The summed E-state index contributed by atoms with van der Waals surface area (Å²) in [7, 11) is 0. The highest BCUT2D eigenvalue weighted by atomic mass is 16.2. The lowest BCUT2D eigenvalue weighted by Crippen LogP contribution is -2.50. The molecule has 0 radical (unpaired) electrons. The number of hydrogen-bond acceptors (Lipinski definition) is 3. The Kier molecular flexibility index (Phi) is 3.85. The van der Waals surface area contributed by atoms with Crippen LogP contribution in [0, 0.1) is 17.2 Å². The van der Waals surface area contributed by atoms with Gasteiger partial charge in [-0.2, -0.15) is 5.26 Å². The molecule has 0 unspecified atom stereocenters. The van der Waals surface area contributed by atoms with Crippen molar-refractivity contribution >= 4 is 5.91 Å². The molecular formula is C20H25N3O. The van der Waals surface area contributed by atoms with Crippen LogP contribution in [0.4, 0.5) is 0 Å². The van der Waals surface area contributed by atoms with Gasteiger partial charge in [-0.15, -0.1) is 0 Å². The summed E-state index contributed by atoms with van der Waals surface area (Å²) in [6, 6.07) is 11.8. The number of amides is 1. The zero-order valence-corrected chi connectivity index (χ0v) is 14.3. The summed E-state index contributed by atoms with van der Waals surface area (Å²) in [4.78, 5) is 15.0. The lowest BCUT2D eigenvalue weighted by Gasteiger charge is -2.31. The molecule has 3 aliphatic carbocycles. The van der Waals surface area contributed by atoms with Gasteiger partial charge >= 0.3 is 0 Å². The number of nitriles is 1. The maximum absolute atomic E-state index is 12.7. The number of hydrogen-bond donors (Lipinski definition) is 1. The van der Waals surface area contributed by atoms with E-state index in [0.29, 0.717) is 24.5 Å². The molecule has 2 fully saturated rings. The molecule has 0 spiro atoms. The van der Waals surface area contributed by atoms with Crippen LogP contribution in [0.15, 0.2) is 24.3 Å². The van der Waals surface area contributed by atoms with Crippen molar-refractivity contribution in [1.29, 1.82) is 5.26 Å². The van der Waals surface area contributed by atoms with E-state index in [1.165, 1.54) is 24.0 Å². The van der Waals surface area contributed by atoms with E-state index in [0.717, 1.165) is 25.7 Å². The molecule has 1 N–H and O–H groups in total. The molecular weight excluding hydrogens is 298 g/mol. The number of fused-ring (bicyclic) bond motifs is 1. The second-order valence-electron chi connectivity index (χ2n) is 7.79. The Labute approximate surface area is 143 Å². The highest BCUT2D eigenvalue weighted by Crippen LogP contribution is 2.42. The first-order valence-electron chi connectivity index (χ1n) is 9.16. The zero-order chi connectivity index (χ0) is 16.7. The monoisotopic (exact) mass is 323 g/mol. The number of benzene rings is 1. The van der Waals surface area contributed by atoms with Crippen molar-refractivity contribution in [2.45, 2.75) is 63.1 Å². The molecule has 2 atom stereocenters. The van der Waals surface area contributed by atoms with Crippen molar-refractivity contribution in [3.63, 3.8) is 0 Å². The van der Waals surface area contributed by atoms with Crippen LogP contribution in [-0.2, 0) is 11.2 Å². The summed E-state index contributed by atoms with van der Waals surface area (Å²) in [5, 5.41) is 12.5. The van der Waals surface area contributed by atoms with Gasteiger partial charge in [0.05, 0.1) is 12.6 Å². The number of nitrogens with zero attached hydrogens (tertiary/aromatic N) is 2. The molecule has 24 heavy (non-hydrogen) atoms. The molecule has 0 aromatic heterocycles. The Balaban J connectivity index is 1.47. The number of carbonyl (C=O) groups excluding carboxylic acids is 1. The molecule has 2 saturated carbocycles. The topological polar surface area (TPSA) is 56.1 Å². The van der Waals surface area contributed by atoms with Crippen molar-refractivity contribution in [2.75, 3.05) is 6.54 Å². The second-order valence-corrected chi connectivity index (χ2v) is 7.79. The van der Waals surface area contributed by atoms with E-state index in [9.17, 15) is 10.1 Å². The Hall–Kier alpha value is -1.86. The van der Waals surface area contributed by atoms with E-state index in [-0.39, 0.29) is 5.91 Å².